The van der Waals surface area contributed by atoms with Gasteiger partial charge < -0.3 is 10.6 Å². The summed E-state index contributed by atoms with van der Waals surface area (Å²) in [6.07, 6.45) is 8.69. The van der Waals surface area contributed by atoms with Crippen LogP contribution in [0.4, 0.5) is 0 Å². The normalized spacial score (nSPS) is 20.5. The Labute approximate surface area is 107 Å². The van der Waals surface area contributed by atoms with Gasteiger partial charge in [-0.05, 0) is 75.9 Å². The molecule has 0 aromatic rings. The van der Waals surface area contributed by atoms with Crippen molar-refractivity contribution in [2.24, 2.45) is 17.8 Å². The molecule has 0 spiro atoms. The van der Waals surface area contributed by atoms with Crippen LogP contribution in [0.5, 0.6) is 0 Å². The quantitative estimate of drug-likeness (QED) is 0.572. The third kappa shape index (κ3) is 5.39. The van der Waals surface area contributed by atoms with Crippen LogP contribution >= 0.6 is 0 Å². The molecule has 2 aliphatic carbocycles. The maximum absolute atomic E-state index is 3.69. The van der Waals surface area contributed by atoms with Crippen LogP contribution in [0.3, 0.4) is 0 Å². The molecule has 0 saturated heterocycles. The van der Waals surface area contributed by atoms with Crippen molar-refractivity contribution in [1.82, 2.24) is 10.6 Å². The Hall–Kier alpha value is -0.0800. The molecule has 2 nitrogen and oxygen atoms in total. The second kappa shape index (κ2) is 6.75. The number of hydrogen-bond donors (Lipinski definition) is 2. The molecule has 0 unspecified atom stereocenters. The second-order valence-corrected chi connectivity index (χ2v) is 6.36. The van der Waals surface area contributed by atoms with Crippen LogP contribution in [0.25, 0.3) is 0 Å². The second-order valence-electron chi connectivity index (χ2n) is 6.36. The van der Waals surface area contributed by atoms with Gasteiger partial charge in [0.2, 0.25) is 0 Å². The Morgan fingerprint density at radius 3 is 2.06 bits per heavy atom. The average Bonchev–Trinajstić information content (AvgIpc) is 3.15. The van der Waals surface area contributed by atoms with E-state index in [2.05, 4.69) is 24.5 Å². The molecule has 2 saturated carbocycles. The lowest BCUT2D eigenvalue weighted by molar-refractivity contribution is 0.377. The minimum atomic E-state index is 0.636. The third-order valence-electron chi connectivity index (χ3n) is 4.17. The minimum absolute atomic E-state index is 0.636. The lowest BCUT2D eigenvalue weighted by Gasteiger charge is -2.16. The van der Waals surface area contributed by atoms with Crippen LogP contribution in [0, 0.1) is 17.8 Å². The van der Waals surface area contributed by atoms with Gasteiger partial charge in [-0.25, -0.2) is 0 Å². The van der Waals surface area contributed by atoms with Gasteiger partial charge >= 0.3 is 0 Å². The molecule has 2 N–H and O–H groups in total. The average molecular weight is 238 g/mol. The Balaban J connectivity index is 1.42. The molecular formula is C15H30N2. The zero-order chi connectivity index (χ0) is 12.1. The molecule has 0 radical (unpaired) electrons. The Morgan fingerprint density at radius 2 is 1.53 bits per heavy atom. The van der Waals surface area contributed by atoms with Crippen LogP contribution < -0.4 is 10.6 Å². The van der Waals surface area contributed by atoms with E-state index in [4.69, 9.17) is 0 Å². The first-order valence-electron chi connectivity index (χ1n) is 7.71. The smallest absolute Gasteiger partial charge is 0.00103 e. The lowest BCUT2D eigenvalue weighted by Crippen LogP contribution is -2.28. The van der Waals surface area contributed by atoms with E-state index in [1.807, 2.05) is 0 Å². The highest BCUT2D eigenvalue weighted by atomic mass is 14.9. The third-order valence-corrected chi connectivity index (χ3v) is 4.17. The molecule has 100 valence electrons. The summed E-state index contributed by atoms with van der Waals surface area (Å²) in [5.41, 5.74) is 0. The molecule has 2 fully saturated rings. The summed E-state index contributed by atoms with van der Waals surface area (Å²) in [4.78, 5) is 0. The van der Waals surface area contributed by atoms with E-state index in [1.54, 1.807) is 0 Å². The number of hydrogen-bond acceptors (Lipinski definition) is 2. The SMILES string of the molecule is CC(C)NCCCCNCC(C1CC1)C1CC1. The van der Waals surface area contributed by atoms with Crippen LogP contribution in [0.2, 0.25) is 0 Å². The summed E-state index contributed by atoms with van der Waals surface area (Å²) >= 11 is 0. The van der Waals surface area contributed by atoms with Gasteiger partial charge in [-0.1, -0.05) is 13.8 Å². The van der Waals surface area contributed by atoms with E-state index in [0.717, 1.165) is 17.8 Å². The molecule has 17 heavy (non-hydrogen) atoms. The molecule has 0 atom stereocenters. The van der Waals surface area contributed by atoms with Gasteiger partial charge in [0.25, 0.3) is 0 Å². The van der Waals surface area contributed by atoms with Crippen LogP contribution in [0.15, 0.2) is 0 Å². The molecule has 0 aliphatic heterocycles. The van der Waals surface area contributed by atoms with Crippen molar-refractivity contribution in [3.05, 3.63) is 0 Å². The summed E-state index contributed by atoms with van der Waals surface area (Å²) in [7, 11) is 0. The maximum atomic E-state index is 3.69. The first-order valence-corrected chi connectivity index (χ1v) is 7.71. The zero-order valence-electron chi connectivity index (χ0n) is 11.7. The van der Waals surface area contributed by atoms with Crippen molar-refractivity contribution in [2.45, 2.75) is 58.4 Å². The summed E-state index contributed by atoms with van der Waals surface area (Å²) < 4.78 is 0. The first-order chi connectivity index (χ1) is 8.27. The fraction of sp³-hybridized carbons (Fsp3) is 1.00. The monoisotopic (exact) mass is 238 g/mol. The van der Waals surface area contributed by atoms with Crippen LogP contribution in [-0.2, 0) is 0 Å². The van der Waals surface area contributed by atoms with Crippen molar-refractivity contribution in [3.8, 4) is 0 Å². The molecule has 0 aromatic heterocycles. The van der Waals surface area contributed by atoms with E-state index in [9.17, 15) is 0 Å². The van der Waals surface area contributed by atoms with E-state index < -0.39 is 0 Å². The Kier molecular flexibility index (Phi) is 5.30. The van der Waals surface area contributed by atoms with E-state index in [0.29, 0.717) is 6.04 Å². The summed E-state index contributed by atoms with van der Waals surface area (Å²) in [5.74, 6) is 3.22. The predicted molar refractivity (Wildman–Crippen MR) is 74.2 cm³/mol. The van der Waals surface area contributed by atoms with Gasteiger partial charge in [-0.3, -0.25) is 0 Å². The van der Waals surface area contributed by atoms with Gasteiger partial charge in [-0.2, -0.15) is 0 Å². The highest BCUT2D eigenvalue weighted by Crippen LogP contribution is 2.48. The van der Waals surface area contributed by atoms with Gasteiger partial charge in [0.05, 0.1) is 0 Å². The van der Waals surface area contributed by atoms with Crippen molar-refractivity contribution < 1.29 is 0 Å². The predicted octanol–water partition coefficient (Wildman–Crippen LogP) is 2.79. The molecule has 2 heteroatoms. The number of nitrogens with one attached hydrogen (secondary N) is 2. The molecule has 0 bridgehead atoms. The molecule has 2 aliphatic rings. The molecule has 2 rings (SSSR count). The van der Waals surface area contributed by atoms with Crippen molar-refractivity contribution in [1.29, 1.82) is 0 Å². The number of rotatable bonds is 10. The fourth-order valence-electron chi connectivity index (χ4n) is 2.80. The van der Waals surface area contributed by atoms with Gasteiger partial charge in [0, 0.05) is 6.04 Å². The molecular weight excluding hydrogens is 208 g/mol. The van der Waals surface area contributed by atoms with Crippen LogP contribution in [0.1, 0.15) is 52.4 Å². The topological polar surface area (TPSA) is 24.1 Å². The highest BCUT2D eigenvalue weighted by molar-refractivity contribution is 4.92. The van der Waals surface area contributed by atoms with E-state index in [-0.39, 0.29) is 0 Å². The maximum Gasteiger partial charge on any atom is 0.00103 e. The molecule has 0 aromatic carbocycles. The van der Waals surface area contributed by atoms with Crippen molar-refractivity contribution >= 4 is 0 Å². The number of unbranched alkanes of at least 4 members (excludes halogenated alkanes) is 1. The molecule has 0 heterocycles. The first kappa shape index (κ1) is 13.4. The lowest BCUT2D eigenvalue weighted by atomic mass is 9.98. The Bertz CT molecular complexity index is 195. The van der Waals surface area contributed by atoms with Gasteiger partial charge in [0.15, 0.2) is 0 Å². The van der Waals surface area contributed by atoms with E-state index >= 15 is 0 Å². The summed E-state index contributed by atoms with van der Waals surface area (Å²) in [6, 6.07) is 0.636. The highest BCUT2D eigenvalue weighted by Gasteiger charge is 2.40. The summed E-state index contributed by atoms with van der Waals surface area (Å²) in [6.45, 7) is 8.12. The van der Waals surface area contributed by atoms with Gasteiger partial charge in [0.1, 0.15) is 0 Å². The zero-order valence-corrected chi connectivity index (χ0v) is 11.7. The fourth-order valence-corrected chi connectivity index (χ4v) is 2.80. The molecule has 0 amide bonds. The van der Waals surface area contributed by atoms with E-state index in [1.165, 1.54) is 58.2 Å². The minimum Gasteiger partial charge on any atom is -0.316 e. The Morgan fingerprint density at radius 1 is 0.941 bits per heavy atom. The largest absolute Gasteiger partial charge is 0.316 e. The van der Waals surface area contributed by atoms with Crippen LogP contribution in [-0.4, -0.2) is 25.7 Å². The van der Waals surface area contributed by atoms with Crippen molar-refractivity contribution in [2.75, 3.05) is 19.6 Å². The van der Waals surface area contributed by atoms with Gasteiger partial charge in [-0.15, -0.1) is 0 Å². The summed E-state index contributed by atoms with van der Waals surface area (Å²) in [5, 5.41) is 7.16. The van der Waals surface area contributed by atoms with Crippen molar-refractivity contribution in [3.63, 3.8) is 0 Å². The standard InChI is InChI=1S/C15H30N2/c1-12(2)17-10-4-3-9-16-11-15(13-5-6-13)14-7-8-14/h12-17H,3-11H2,1-2H3.